The maximum Gasteiger partial charge on any atom is 0.265 e. The molecule has 0 saturated heterocycles. The molecule has 1 N–H and O–H groups in total. The van der Waals surface area contributed by atoms with Crippen LogP contribution in [0, 0.1) is 0 Å². The van der Waals surface area contributed by atoms with Crippen molar-refractivity contribution in [1.82, 2.24) is 0 Å². The summed E-state index contributed by atoms with van der Waals surface area (Å²) in [5.41, 5.74) is 0.384. The molecule has 0 aliphatic heterocycles. The Morgan fingerprint density at radius 2 is 1.64 bits per heavy atom. The number of nitrogens with one attached hydrogen (secondary N) is 1. The number of hydrogen-bond donors (Lipinski definition) is 1. The lowest BCUT2D eigenvalue weighted by molar-refractivity contribution is -0.122. The van der Waals surface area contributed by atoms with Crippen molar-refractivity contribution in [3.63, 3.8) is 0 Å². The average Bonchev–Trinajstić information content (AvgIpc) is 2.60. The first kappa shape index (κ1) is 17.9. The van der Waals surface area contributed by atoms with Gasteiger partial charge in [0.05, 0.1) is 20.8 Å². The summed E-state index contributed by atoms with van der Waals surface area (Å²) in [6, 6.07) is 16.5. The van der Waals surface area contributed by atoms with Crippen LogP contribution < -0.4 is 10.1 Å². The van der Waals surface area contributed by atoms with Gasteiger partial charge in [-0.25, -0.2) is 0 Å². The Hall–Kier alpha value is -1.94. The molecule has 0 aliphatic rings. The van der Waals surface area contributed by atoms with Gasteiger partial charge in [0.15, 0.2) is 6.10 Å². The van der Waals surface area contributed by atoms with E-state index in [4.69, 9.17) is 39.5 Å². The number of carbonyl (C=O) groups is 1. The fourth-order valence-electron chi connectivity index (χ4n) is 2.40. The van der Waals surface area contributed by atoms with Crippen LogP contribution in [0.25, 0.3) is 10.8 Å². The molecular weight excluding hydrogens is 381 g/mol. The monoisotopic (exact) mass is 393 g/mol. The molecule has 3 rings (SSSR count). The fraction of sp³-hybridized carbons (Fsp3) is 0.105. The van der Waals surface area contributed by atoms with Crippen molar-refractivity contribution in [3.05, 3.63) is 69.7 Å². The second-order valence-corrected chi connectivity index (χ2v) is 6.69. The number of hydrogen-bond acceptors (Lipinski definition) is 2. The number of ether oxygens (including phenoxy) is 1. The van der Waals surface area contributed by atoms with Crippen LogP contribution in [0.4, 0.5) is 5.69 Å². The van der Waals surface area contributed by atoms with E-state index < -0.39 is 6.10 Å². The van der Waals surface area contributed by atoms with Crippen molar-refractivity contribution in [1.29, 1.82) is 0 Å². The molecule has 1 atom stereocenters. The van der Waals surface area contributed by atoms with Gasteiger partial charge in [0.25, 0.3) is 5.91 Å². The molecule has 0 aromatic heterocycles. The lowest BCUT2D eigenvalue weighted by Gasteiger charge is -2.17. The van der Waals surface area contributed by atoms with Crippen LogP contribution in [0.5, 0.6) is 5.75 Å². The van der Waals surface area contributed by atoms with Gasteiger partial charge in [0.1, 0.15) is 5.75 Å². The number of benzene rings is 3. The summed E-state index contributed by atoms with van der Waals surface area (Å²) in [6.07, 6.45) is -0.726. The smallest absolute Gasteiger partial charge is 0.265 e. The zero-order valence-electron chi connectivity index (χ0n) is 13.2. The van der Waals surface area contributed by atoms with Gasteiger partial charge in [0, 0.05) is 5.39 Å². The van der Waals surface area contributed by atoms with Gasteiger partial charge in [-0.15, -0.1) is 0 Å². The molecule has 25 heavy (non-hydrogen) atoms. The molecule has 3 aromatic rings. The first-order chi connectivity index (χ1) is 12.0. The molecule has 128 valence electrons. The van der Waals surface area contributed by atoms with Crippen LogP contribution in [0.3, 0.4) is 0 Å². The molecule has 0 bridgehead atoms. The number of rotatable bonds is 4. The van der Waals surface area contributed by atoms with Crippen LogP contribution in [0.1, 0.15) is 6.92 Å². The number of carbonyl (C=O) groups excluding carboxylic acids is 1. The number of anilines is 1. The first-order valence-electron chi connectivity index (χ1n) is 7.55. The van der Waals surface area contributed by atoms with Crippen molar-refractivity contribution in [2.75, 3.05) is 5.32 Å². The van der Waals surface area contributed by atoms with Gasteiger partial charge in [-0.1, -0.05) is 71.2 Å². The molecule has 3 aromatic carbocycles. The van der Waals surface area contributed by atoms with Crippen LogP contribution in [-0.4, -0.2) is 12.0 Å². The standard InChI is InChI=1S/C19H14Cl3NO2/c1-11(19(24)23-17-10-15(21)14(20)9-16(17)22)25-18-8-4-6-12-5-2-3-7-13(12)18/h2-11H,1H3,(H,23,24)/t11-/m1/s1. The Kier molecular flexibility index (Phi) is 5.38. The third-order valence-corrected chi connectivity index (χ3v) is 4.73. The molecule has 0 spiro atoms. The molecule has 0 saturated carbocycles. The van der Waals surface area contributed by atoms with Crippen molar-refractivity contribution < 1.29 is 9.53 Å². The molecule has 0 fully saturated rings. The summed E-state index contributed by atoms with van der Waals surface area (Å²) >= 11 is 18.0. The maximum absolute atomic E-state index is 12.4. The highest BCUT2D eigenvalue weighted by Crippen LogP contribution is 2.32. The van der Waals surface area contributed by atoms with Gasteiger partial charge in [-0.3, -0.25) is 4.79 Å². The Labute approximate surface area is 160 Å². The summed E-state index contributed by atoms with van der Waals surface area (Å²) in [6.45, 7) is 1.67. The van der Waals surface area contributed by atoms with E-state index in [9.17, 15) is 4.79 Å². The van der Waals surface area contributed by atoms with E-state index in [0.29, 0.717) is 26.5 Å². The van der Waals surface area contributed by atoms with Crippen molar-refractivity contribution in [2.45, 2.75) is 13.0 Å². The second-order valence-electron chi connectivity index (χ2n) is 5.47. The molecule has 0 aliphatic carbocycles. The molecular formula is C19H14Cl3NO2. The van der Waals surface area contributed by atoms with Gasteiger partial charge in [0.2, 0.25) is 0 Å². The molecule has 0 heterocycles. The highest BCUT2D eigenvalue weighted by Gasteiger charge is 2.18. The number of amides is 1. The molecule has 6 heteroatoms. The third-order valence-electron chi connectivity index (χ3n) is 3.69. The molecule has 3 nitrogen and oxygen atoms in total. The van der Waals surface area contributed by atoms with Gasteiger partial charge < -0.3 is 10.1 Å². The minimum Gasteiger partial charge on any atom is -0.480 e. The highest BCUT2D eigenvalue weighted by molar-refractivity contribution is 6.44. The zero-order valence-corrected chi connectivity index (χ0v) is 15.5. The van der Waals surface area contributed by atoms with Crippen molar-refractivity contribution in [2.24, 2.45) is 0 Å². The topological polar surface area (TPSA) is 38.3 Å². The summed E-state index contributed by atoms with van der Waals surface area (Å²) in [7, 11) is 0. The normalized spacial score (nSPS) is 12.0. The minimum atomic E-state index is -0.726. The van der Waals surface area contributed by atoms with E-state index >= 15 is 0 Å². The Bertz CT molecular complexity index is 938. The quantitative estimate of drug-likeness (QED) is 0.534. The van der Waals surface area contributed by atoms with E-state index in [1.165, 1.54) is 12.1 Å². The zero-order chi connectivity index (χ0) is 18.0. The third kappa shape index (κ3) is 4.01. The van der Waals surface area contributed by atoms with Crippen LogP contribution in [-0.2, 0) is 4.79 Å². The Morgan fingerprint density at radius 1 is 0.960 bits per heavy atom. The van der Waals surface area contributed by atoms with Gasteiger partial charge in [-0.2, -0.15) is 0 Å². The number of fused-ring (bicyclic) bond motifs is 1. The van der Waals surface area contributed by atoms with Crippen LogP contribution >= 0.6 is 34.8 Å². The summed E-state index contributed by atoms with van der Waals surface area (Å²) in [5, 5.41) is 5.63. The minimum absolute atomic E-state index is 0.306. The largest absolute Gasteiger partial charge is 0.480 e. The van der Waals surface area contributed by atoms with Crippen molar-refractivity contribution >= 4 is 57.2 Å². The Morgan fingerprint density at radius 3 is 2.44 bits per heavy atom. The molecule has 1 amide bonds. The maximum atomic E-state index is 12.4. The summed E-state index contributed by atoms with van der Waals surface area (Å²) in [4.78, 5) is 12.4. The van der Waals surface area contributed by atoms with E-state index in [2.05, 4.69) is 5.32 Å². The number of halogens is 3. The summed E-state index contributed by atoms with van der Waals surface area (Å²) in [5.74, 6) is 0.300. The predicted molar refractivity (Wildman–Crippen MR) is 104 cm³/mol. The molecule has 0 radical (unpaired) electrons. The van der Waals surface area contributed by atoms with Gasteiger partial charge >= 0.3 is 0 Å². The lowest BCUT2D eigenvalue weighted by Crippen LogP contribution is -2.30. The lowest BCUT2D eigenvalue weighted by atomic mass is 10.1. The Balaban J connectivity index is 1.78. The van der Waals surface area contributed by atoms with Crippen molar-refractivity contribution in [3.8, 4) is 5.75 Å². The van der Waals surface area contributed by atoms with E-state index in [1.54, 1.807) is 6.92 Å². The molecule has 0 unspecified atom stereocenters. The highest BCUT2D eigenvalue weighted by atomic mass is 35.5. The van der Waals surface area contributed by atoms with Crippen LogP contribution in [0.15, 0.2) is 54.6 Å². The first-order valence-corrected chi connectivity index (χ1v) is 8.69. The van der Waals surface area contributed by atoms with Crippen LogP contribution in [0.2, 0.25) is 15.1 Å². The average molecular weight is 395 g/mol. The van der Waals surface area contributed by atoms with E-state index in [0.717, 1.165) is 10.8 Å². The van der Waals surface area contributed by atoms with E-state index in [-0.39, 0.29) is 5.91 Å². The fourth-order valence-corrected chi connectivity index (χ4v) is 2.99. The summed E-state index contributed by atoms with van der Waals surface area (Å²) < 4.78 is 5.84. The second kappa shape index (κ2) is 7.52. The van der Waals surface area contributed by atoms with E-state index in [1.807, 2.05) is 42.5 Å². The SMILES string of the molecule is C[C@@H](Oc1cccc2ccccc12)C(=O)Nc1cc(Cl)c(Cl)cc1Cl. The predicted octanol–water partition coefficient (Wildman–Crippen LogP) is 6.21. The van der Waals surface area contributed by atoms with Gasteiger partial charge in [-0.05, 0) is 30.5 Å².